The molecule has 0 radical (unpaired) electrons. The van der Waals surface area contributed by atoms with Crippen LogP contribution in [0.5, 0.6) is 0 Å². The van der Waals surface area contributed by atoms with E-state index in [0.717, 1.165) is 5.56 Å². The third-order valence-corrected chi connectivity index (χ3v) is 3.52. The lowest BCUT2D eigenvalue weighted by atomic mass is 10.1. The second-order valence-corrected chi connectivity index (χ2v) is 5.52. The predicted molar refractivity (Wildman–Crippen MR) is 88.1 cm³/mol. The maximum absolute atomic E-state index is 12.0. The average Bonchev–Trinajstić information content (AvgIpc) is 2.48. The summed E-state index contributed by atoms with van der Waals surface area (Å²) in [6.07, 6.45) is 0.954. The van der Waals surface area contributed by atoms with Crippen molar-refractivity contribution in [2.75, 3.05) is 5.32 Å². The lowest BCUT2D eigenvalue weighted by Crippen LogP contribution is -2.18. The van der Waals surface area contributed by atoms with E-state index >= 15 is 0 Å². The van der Waals surface area contributed by atoms with Crippen LogP contribution in [0.15, 0.2) is 42.5 Å². The number of carbonyl (C=O) groups is 2. The molecule has 0 aromatic heterocycles. The lowest BCUT2D eigenvalue weighted by molar-refractivity contribution is -0.116. The zero-order chi connectivity index (χ0) is 16.1. The smallest absolute Gasteiger partial charge is 0.250 e. The normalized spacial score (nSPS) is 10.3. The summed E-state index contributed by atoms with van der Waals surface area (Å²) < 4.78 is 0. The molecule has 0 spiro atoms. The minimum absolute atomic E-state index is 0.176. The maximum Gasteiger partial charge on any atom is 0.250 e. The number of hydrogen-bond acceptors (Lipinski definition) is 2. The molecular weight excluding hydrogens is 300 g/mol. The zero-order valence-electron chi connectivity index (χ0n) is 12.2. The number of halogens is 1. The molecule has 2 amide bonds. The highest BCUT2D eigenvalue weighted by atomic mass is 35.5. The molecule has 0 aliphatic carbocycles. The van der Waals surface area contributed by atoms with Crippen molar-refractivity contribution in [3.63, 3.8) is 0 Å². The van der Waals surface area contributed by atoms with Crippen LogP contribution in [0.1, 0.15) is 27.9 Å². The van der Waals surface area contributed by atoms with Crippen molar-refractivity contribution in [2.45, 2.75) is 19.8 Å². The monoisotopic (exact) mass is 316 g/mol. The Kier molecular flexibility index (Phi) is 5.17. The molecule has 0 bridgehead atoms. The lowest BCUT2D eigenvalue weighted by Gasteiger charge is -2.09. The summed E-state index contributed by atoms with van der Waals surface area (Å²) in [6, 6.07) is 12.6. The Morgan fingerprint density at radius 3 is 2.45 bits per heavy atom. The van der Waals surface area contributed by atoms with Gasteiger partial charge in [-0.05, 0) is 37.1 Å². The molecular formula is C17H17ClN2O2. The van der Waals surface area contributed by atoms with Gasteiger partial charge in [-0.1, -0.05) is 41.4 Å². The number of anilines is 1. The molecule has 4 nitrogen and oxygen atoms in total. The van der Waals surface area contributed by atoms with E-state index < -0.39 is 5.91 Å². The third kappa shape index (κ3) is 4.33. The van der Waals surface area contributed by atoms with Gasteiger partial charge in [-0.25, -0.2) is 0 Å². The van der Waals surface area contributed by atoms with Gasteiger partial charge < -0.3 is 11.1 Å². The first-order valence-electron chi connectivity index (χ1n) is 6.90. The van der Waals surface area contributed by atoms with Crippen LogP contribution in [-0.2, 0) is 11.2 Å². The number of aryl methyl sites for hydroxylation is 2. The third-order valence-electron chi connectivity index (χ3n) is 3.28. The highest BCUT2D eigenvalue weighted by Gasteiger charge is 2.11. The Morgan fingerprint density at radius 2 is 1.82 bits per heavy atom. The van der Waals surface area contributed by atoms with Gasteiger partial charge in [0.15, 0.2) is 0 Å². The van der Waals surface area contributed by atoms with E-state index in [1.54, 1.807) is 12.1 Å². The molecule has 2 aromatic carbocycles. The van der Waals surface area contributed by atoms with Crippen LogP contribution in [0.3, 0.4) is 0 Å². The van der Waals surface area contributed by atoms with E-state index in [0.29, 0.717) is 23.6 Å². The van der Waals surface area contributed by atoms with Crippen LogP contribution < -0.4 is 11.1 Å². The van der Waals surface area contributed by atoms with Gasteiger partial charge in [0.1, 0.15) is 0 Å². The fourth-order valence-electron chi connectivity index (χ4n) is 2.05. The van der Waals surface area contributed by atoms with E-state index in [2.05, 4.69) is 5.32 Å². The molecule has 0 fully saturated rings. The van der Waals surface area contributed by atoms with Gasteiger partial charge in [0.25, 0.3) is 5.91 Å². The van der Waals surface area contributed by atoms with Crippen LogP contribution in [0.4, 0.5) is 5.69 Å². The minimum Gasteiger partial charge on any atom is -0.366 e. The zero-order valence-corrected chi connectivity index (χ0v) is 13.0. The standard InChI is InChI=1S/C17H17ClN2O2/c1-11-2-4-12(5-3-11)6-9-16(21)20-15-8-7-13(18)10-14(15)17(19)22/h2-5,7-8,10H,6,9H2,1H3,(H2,19,22)(H,20,21). The predicted octanol–water partition coefficient (Wildman–Crippen LogP) is 3.32. The van der Waals surface area contributed by atoms with Crippen LogP contribution in [-0.4, -0.2) is 11.8 Å². The summed E-state index contributed by atoms with van der Waals surface area (Å²) in [6.45, 7) is 2.02. The topological polar surface area (TPSA) is 72.2 Å². The number of nitrogens with one attached hydrogen (secondary N) is 1. The van der Waals surface area contributed by atoms with Crippen molar-refractivity contribution >= 4 is 29.1 Å². The number of rotatable bonds is 5. The Balaban J connectivity index is 2.00. The quantitative estimate of drug-likeness (QED) is 0.888. The summed E-state index contributed by atoms with van der Waals surface area (Å²) in [5.74, 6) is -0.804. The molecule has 2 rings (SSSR count). The fourth-order valence-corrected chi connectivity index (χ4v) is 2.23. The van der Waals surface area contributed by atoms with Crippen molar-refractivity contribution < 1.29 is 9.59 Å². The van der Waals surface area contributed by atoms with Gasteiger partial charge in [0.2, 0.25) is 5.91 Å². The molecule has 0 heterocycles. The summed E-state index contributed by atoms with van der Waals surface area (Å²) in [4.78, 5) is 23.4. The maximum atomic E-state index is 12.0. The summed E-state index contributed by atoms with van der Waals surface area (Å²) in [7, 11) is 0. The molecule has 0 atom stereocenters. The molecule has 0 saturated carbocycles. The molecule has 0 aliphatic rings. The van der Waals surface area contributed by atoms with Crippen molar-refractivity contribution in [3.8, 4) is 0 Å². The van der Waals surface area contributed by atoms with Crippen molar-refractivity contribution in [2.24, 2.45) is 5.73 Å². The first-order valence-corrected chi connectivity index (χ1v) is 7.28. The van der Waals surface area contributed by atoms with Gasteiger partial charge in [0.05, 0.1) is 11.3 Å². The van der Waals surface area contributed by atoms with Crippen LogP contribution in [0, 0.1) is 6.92 Å². The van der Waals surface area contributed by atoms with Gasteiger partial charge in [-0.2, -0.15) is 0 Å². The molecule has 0 aliphatic heterocycles. The first-order chi connectivity index (χ1) is 10.5. The van der Waals surface area contributed by atoms with Crippen molar-refractivity contribution in [1.82, 2.24) is 0 Å². The van der Waals surface area contributed by atoms with Crippen molar-refractivity contribution in [1.29, 1.82) is 0 Å². The molecule has 0 unspecified atom stereocenters. The highest BCUT2D eigenvalue weighted by Crippen LogP contribution is 2.20. The number of primary amides is 1. The average molecular weight is 317 g/mol. The molecule has 2 aromatic rings. The van der Waals surface area contributed by atoms with Gasteiger partial charge in [-0.15, -0.1) is 0 Å². The number of hydrogen-bond donors (Lipinski definition) is 2. The number of carbonyl (C=O) groups excluding carboxylic acids is 2. The van der Waals surface area contributed by atoms with Gasteiger partial charge in [-0.3, -0.25) is 9.59 Å². The van der Waals surface area contributed by atoms with Crippen LogP contribution >= 0.6 is 11.6 Å². The Labute approximate surface area is 134 Å². The number of nitrogens with two attached hydrogens (primary N) is 1. The Bertz CT molecular complexity index is 696. The molecule has 0 saturated heterocycles. The molecule has 5 heteroatoms. The van der Waals surface area contributed by atoms with E-state index in [-0.39, 0.29) is 11.5 Å². The number of amides is 2. The van der Waals surface area contributed by atoms with E-state index in [4.69, 9.17) is 17.3 Å². The van der Waals surface area contributed by atoms with E-state index in [1.165, 1.54) is 11.6 Å². The molecule has 22 heavy (non-hydrogen) atoms. The van der Waals surface area contributed by atoms with E-state index in [1.807, 2.05) is 31.2 Å². The second kappa shape index (κ2) is 7.09. The summed E-state index contributed by atoms with van der Waals surface area (Å²) >= 11 is 5.83. The second-order valence-electron chi connectivity index (χ2n) is 5.09. The molecule has 3 N–H and O–H groups in total. The highest BCUT2D eigenvalue weighted by molar-refractivity contribution is 6.31. The molecule has 114 valence electrons. The van der Waals surface area contributed by atoms with Gasteiger partial charge >= 0.3 is 0 Å². The SMILES string of the molecule is Cc1ccc(CCC(=O)Nc2ccc(Cl)cc2C(N)=O)cc1. The van der Waals surface area contributed by atoms with Crippen LogP contribution in [0.2, 0.25) is 5.02 Å². The van der Waals surface area contributed by atoms with Crippen LogP contribution in [0.25, 0.3) is 0 Å². The fraction of sp³-hybridized carbons (Fsp3) is 0.176. The van der Waals surface area contributed by atoms with Gasteiger partial charge in [0, 0.05) is 11.4 Å². The summed E-state index contributed by atoms with van der Waals surface area (Å²) in [5.41, 5.74) is 8.15. The first kappa shape index (κ1) is 16.0. The Hall–Kier alpha value is -2.33. The minimum atomic E-state index is -0.628. The van der Waals surface area contributed by atoms with E-state index in [9.17, 15) is 9.59 Å². The Morgan fingerprint density at radius 1 is 1.14 bits per heavy atom. The largest absolute Gasteiger partial charge is 0.366 e. The summed E-state index contributed by atoms with van der Waals surface area (Å²) in [5, 5.41) is 3.10. The van der Waals surface area contributed by atoms with Crippen molar-refractivity contribution in [3.05, 3.63) is 64.2 Å². The number of benzene rings is 2.